The van der Waals surface area contributed by atoms with Gasteiger partial charge in [-0.3, -0.25) is 0 Å². The molecule has 0 amide bonds. The molecule has 0 aliphatic rings. The van der Waals surface area contributed by atoms with Crippen LogP contribution in [0.4, 0.5) is 0 Å². The summed E-state index contributed by atoms with van der Waals surface area (Å²) >= 11 is 0. The van der Waals surface area contributed by atoms with Crippen molar-refractivity contribution in [3.05, 3.63) is 6.20 Å². The molecule has 2 N–H and O–H groups in total. The fourth-order valence-electron chi connectivity index (χ4n) is 1.21. The van der Waals surface area contributed by atoms with Crippen LogP contribution < -0.4 is 10.2 Å². The SMILES string of the molecule is COc1c(B(O)O)cnn1C(C)(C)C. The molecular formula is C8H15BN2O3. The molecule has 0 saturated heterocycles. The summed E-state index contributed by atoms with van der Waals surface area (Å²) < 4.78 is 6.70. The van der Waals surface area contributed by atoms with Crippen molar-refractivity contribution in [2.24, 2.45) is 0 Å². The van der Waals surface area contributed by atoms with E-state index in [0.29, 0.717) is 5.88 Å². The number of nitrogens with zero attached hydrogens (tertiary/aromatic N) is 2. The summed E-state index contributed by atoms with van der Waals surface area (Å²) in [6.07, 6.45) is 1.40. The Balaban J connectivity index is 3.21. The molecule has 0 aliphatic carbocycles. The van der Waals surface area contributed by atoms with Crippen LogP contribution in [0, 0.1) is 0 Å². The molecule has 0 aliphatic heterocycles. The minimum absolute atomic E-state index is 0.252. The summed E-state index contributed by atoms with van der Waals surface area (Å²) in [6, 6.07) is 0. The van der Waals surface area contributed by atoms with E-state index < -0.39 is 7.12 Å². The van der Waals surface area contributed by atoms with Crippen LogP contribution in [0.1, 0.15) is 20.8 Å². The van der Waals surface area contributed by atoms with Crippen LogP contribution >= 0.6 is 0 Å². The van der Waals surface area contributed by atoms with Crippen LogP contribution in [0.15, 0.2) is 6.20 Å². The third kappa shape index (κ3) is 1.91. The Morgan fingerprint density at radius 1 is 1.43 bits per heavy atom. The molecule has 1 heterocycles. The lowest BCUT2D eigenvalue weighted by atomic mass is 9.82. The van der Waals surface area contributed by atoms with Gasteiger partial charge in [-0.1, -0.05) is 0 Å². The van der Waals surface area contributed by atoms with Gasteiger partial charge in [0.05, 0.1) is 24.3 Å². The van der Waals surface area contributed by atoms with Gasteiger partial charge in [0.25, 0.3) is 0 Å². The summed E-state index contributed by atoms with van der Waals surface area (Å²) in [5.74, 6) is 0.382. The van der Waals surface area contributed by atoms with Gasteiger partial charge >= 0.3 is 7.12 Å². The second-order valence-electron chi connectivity index (χ2n) is 4.07. The highest BCUT2D eigenvalue weighted by molar-refractivity contribution is 6.59. The smallest absolute Gasteiger partial charge is 0.481 e. The van der Waals surface area contributed by atoms with Crippen molar-refractivity contribution in [2.75, 3.05) is 7.11 Å². The molecule has 5 nitrogen and oxygen atoms in total. The molecule has 0 fully saturated rings. The molecule has 0 unspecified atom stereocenters. The molecule has 0 spiro atoms. The Labute approximate surface area is 83.5 Å². The van der Waals surface area contributed by atoms with Crippen molar-refractivity contribution in [1.29, 1.82) is 0 Å². The average Bonchev–Trinajstić information content (AvgIpc) is 2.45. The second-order valence-corrected chi connectivity index (χ2v) is 4.07. The fraction of sp³-hybridized carbons (Fsp3) is 0.625. The van der Waals surface area contributed by atoms with E-state index in [1.54, 1.807) is 4.68 Å². The first-order valence-corrected chi connectivity index (χ1v) is 4.36. The summed E-state index contributed by atoms with van der Waals surface area (Å²) in [6.45, 7) is 5.86. The Bertz CT molecular complexity index is 317. The van der Waals surface area contributed by atoms with E-state index in [1.807, 2.05) is 20.8 Å². The lowest BCUT2D eigenvalue weighted by Gasteiger charge is -2.21. The largest absolute Gasteiger partial charge is 0.495 e. The first-order chi connectivity index (χ1) is 6.38. The molecule has 0 saturated carbocycles. The normalized spacial score (nSPS) is 11.6. The Hall–Kier alpha value is -1.01. The zero-order chi connectivity index (χ0) is 10.9. The maximum Gasteiger partial charge on any atom is 0.495 e. The quantitative estimate of drug-likeness (QED) is 0.618. The lowest BCUT2D eigenvalue weighted by Crippen LogP contribution is -2.32. The van der Waals surface area contributed by atoms with Crippen molar-refractivity contribution in [1.82, 2.24) is 9.78 Å². The number of hydrogen-bond acceptors (Lipinski definition) is 4. The third-order valence-electron chi connectivity index (χ3n) is 1.86. The molecule has 1 rings (SSSR count). The van der Waals surface area contributed by atoms with Gasteiger partial charge < -0.3 is 14.8 Å². The van der Waals surface area contributed by atoms with E-state index in [9.17, 15) is 0 Å². The number of ether oxygens (including phenoxy) is 1. The van der Waals surface area contributed by atoms with Gasteiger partial charge in [-0.25, -0.2) is 4.68 Å². The van der Waals surface area contributed by atoms with E-state index in [0.717, 1.165) is 0 Å². The van der Waals surface area contributed by atoms with Crippen LogP contribution in [0.5, 0.6) is 5.88 Å². The number of rotatable bonds is 2. The van der Waals surface area contributed by atoms with Crippen LogP contribution in [0.2, 0.25) is 0 Å². The highest BCUT2D eigenvalue weighted by atomic mass is 16.5. The monoisotopic (exact) mass is 198 g/mol. The topological polar surface area (TPSA) is 67.5 Å². The van der Waals surface area contributed by atoms with Gasteiger partial charge in [-0.05, 0) is 20.8 Å². The van der Waals surface area contributed by atoms with E-state index in [1.165, 1.54) is 13.3 Å². The van der Waals surface area contributed by atoms with Crippen LogP contribution in [-0.2, 0) is 5.54 Å². The van der Waals surface area contributed by atoms with Crippen LogP contribution in [-0.4, -0.2) is 34.1 Å². The van der Waals surface area contributed by atoms with Crippen molar-refractivity contribution < 1.29 is 14.8 Å². The van der Waals surface area contributed by atoms with E-state index in [2.05, 4.69) is 5.10 Å². The molecule has 6 heteroatoms. The summed E-state index contributed by atoms with van der Waals surface area (Å²) in [4.78, 5) is 0. The summed E-state index contributed by atoms with van der Waals surface area (Å²) in [5.41, 5.74) is 0.0285. The lowest BCUT2D eigenvalue weighted by molar-refractivity contribution is 0.283. The molecule has 0 aromatic carbocycles. The van der Waals surface area contributed by atoms with Crippen molar-refractivity contribution >= 4 is 12.6 Å². The average molecular weight is 198 g/mol. The molecular weight excluding hydrogens is 183 g/mol. The van der Waals surface area contributed by atoms with Gasteiger partial charge in [-0.2, -0.15) is 5.10 Å². The van der Waals surface area contributed by atoms with Gasteiger partial charge in [0, 0.05) is 0 Å². The first kappa shape index (κ1) is 11.1. The maximum atomic E-state index is 9.04. The Kier molecular flexibility index (Phi) is 2.87. The Morgan fingerprint density at radius 2 is 2.00 bits per heavy atom. The van der Waals surface area contributed by atoms with Gasteiger partial charge in [0.15, 0.2) is 0 Å². The van der Waals surface area contributed by atoms with Crippen LogP contribution in [0.25, 0.3) is 0 Å². The van der Waals surface area contributed by atoms with E-state index in [-0.39, 0.29) is 11.0 Å². The summed E-state index contributed by atoms with van der Waals surface area (Å²) in [5, 5.41) is 22.1. The highest BCUT2D eigenvalue weighted by Crippen LogP contribution is 2.19. The molecule has 0 bridgehead atoms. The minimum Gasteiger partial charge on any atom is -0.481 e. The van der Waals surface area contributed by atoms with Crippen molar-refractivity contribution in [3.63, 3.8) is 0 Å². The molecule has 78 valence electrons. The molecule has 1 aromatic rings. The molecule has 0 atom stereocenters. The molecule has 1 aromatic heterocycles. The molecule has 14 heavy (non-hydrogen) atoms. The molecule has 0 radical (unpaired) electrons. The third-order valence-corrected chi connectivity index (χ3v) is 1.86. The van der Waals surface area contributed by atoms with E-state index >= 15 is 0 Å². The second kappa shape index (κ2) is 3.63. The van der Waals surface area contributed by atoms with Crippen molar-refractivity contribution in [2.45, 2.75) is 26.3 Å². The van der Waals surface area contributed by atoms with Crippen molar-refractivity contribution in [3.8, 4) is 5.88 Å². The zero-order valence-electron chi connectivity index (χ0n) is 8.85. The zero-order valence-corrected chi connectivity index (χ0v) is 8.85. The fourth-order valence-corrected chi connectivity index (χ4v) is 1.21. The highest BCUT2D eigenvalue weighted by Gasteiger charge is 2.26. The van der Waals surface area contributed by atoms with E-state index in [4.69, 9.17) is 14.8 Å². The predicted octanol–water partition coefficient (Wildman–Crippen LogP) is -0.673. The number of methoxy groups -OCH3 is 1. The number of hydrogen-bond donors (Lipinski definition) is 2. The van der Waals surface area contributed by atoms with Crippen LogP contribution in [0.3, 0.4) is 0 Å². The predicted molar refractivity (Wildman–Crippen MR) is 53.6 cm³/mol. The Morgan fingerprint density at radius 3 is 2.36 bits per heavy atom. The first-order valence-electron chi connectivity index (χ1n) is 4.36. The minimum atomic E-state index is -1.55. The number of aromatic nitrogens is 2. The maximum absolute atomic E-state index is 9.04. The van der Waals surface area contributed by atoms with Gasteiger partial charge in [0.2, 0.25) is 5.88 Å². The van der Waals surface area contributed by atoms with Gasteiger partial charge in [-0.15, -0.1) is 0 Å². The van der Waals surface area contributed by atoms with Gasteiger partial charge in [0.1, 0.15) is 0 Å². The summed E-state index contributed by atoms with van der Waals surface area (Å²) in [7, 11) is -0.0773. The standard InChI is InChI=1S/C8H15BN2O3/c1-8(2,3)11-7(14-4)6(5-10-11)9(12)13/h5,12-13H,1-4H3.